The van der Waals surface area contributed by atoms with E-state index in [4.69, 9.17) is 0 Å². The summed E-state index contributed by atoms with van der Waals surface area (Å²) in [6, 6.07) is 5.97. The van der Waals surface area contributed by atoms with E-state index in [1.807, 2.05) is 0 Å². The van der Waals surface area contributed by atoms with Crippen LogP contribution < -0.4 is 5.32 Å². The molecule has 1 heterocycles. The Morgan fingerprint density at radius 1 is 1.39 bits per heavy atom. The summed E-state index contributed by atoms with van der Waals surface area (Å²) in [5.41, 5.74) is 1.12. The largest absolute Gasteiger partial charge is 0.506 e. The zero-order valence-corrected chi connectivity index (χ0v) is 9.64. The molecule has 1 amide bonds. The van der Waals surface area contributed by atoms with Gasteiger partial charge in [0.1, 0.15) is 11.6 Å². The van der Waals surface area contributed by atoms with Gasteiger partial charge in [-0.25, -0.2) is 4.39 Å². The molecule has 0 bridgehead atoms. The second-order valence-corrected chi connectivity index (χ2v) is 3.81. The minimum atomic E-state index is -0.586. The molecule has 0 atom stereocenters. The molecule has 0 saturated heterocycles. The van der Waals surface area contributed by atoms with Crippen molar-refractivity contribution >= 4 is 11.6 Å². The van der Waals surface area contributed by atoms with Gasteiger partial charge in [-0.3, -0.25) is 9.78 Å². The summed E-state index contributed by atoms with van der Waals surface area (Å²) in [5, 5.41) is 12.2. The van der Waals surface area contributed by atoms with Crippen molar-refractivity contribution in [1.29, 1.82) is 0 Å². The average Bonchev–Trinajstić information content (AvgIpc) is 2.34. The fourth-order valence-corrected chi connectivity index (χ4v) is 1.54. The second-order valence-electron chi connectivity index (χ2n) is 3.81. The van der Waals surface area contributed by atoms with Gasteiger partial charge in [0.25, 0.3) is 5.91 Å². The Bertz CT molecular complexity index is 579. The van der Waals surface area contributed by atoms with E-state index in [0.29, 0.717) is 11.3 Å². The van der Waals surface area contributed by atoms with Crippen LogP contribution in [0, 0.1) is 12.7 Å². The lowest BCUT2D eigenvalue weighted by atomic mass is 10.1. The lowest BCUT2D eigenvalue weighted by Gasteiger charge is -2.09. The molecule has 18 heavy (non-hydrogen) atoms. The smallest absolute Gasteiger partial charge is 0.257 e. The number of anilines is 1. The fourth-order valence-electron chi connectivity index (χ4n) is 1.54. The number of halogens is 1. The normalized spacial score (nSPS) is 10.1. The number of carbonyl (C=O) groups excluding carboxylic acids is 1. The number of nitrogens with zero attached hydrogens (tertiary/aromatic N) is 1. The van der Waals surface area contributed by atoms with Crippen LogP contribution in [0.1, 0.15) is 15.9 Å². The molecule has 0 unspecified atom stereocenters. The predicted octanol–water partition coefficient (Wildman–Crippen LogP) is 2.49. The van der Waals surface area contributed by atoms with Crippen LogP contribution in [0.3, 0.4) is 0 Å². The van der Waals surface area contributed by atoms with Crippen LogP contribution in [-0.2, 0) is 0 Å². The SMILES string of the molecule is Cc1cccc(O)c1NC(=O)c1cncc(F)c1. The zero-order valence-electron chi connectivity index (χ0n) is 9.64. The molecular weight excluding hydrogens is 235 g/mol. The molecule has 92 valence electrons. The molecule has 0 fully saturated rings. The molecule has 0 aliphatic heterocycles. The number of phenols is 1. The van der Waals surface area contributed by atoms with Gasteiger partial charge in [0, 0.05) is 6.20 Å². The predicted molar refractivity (Wildman–Crippen MR) is 65.0 cm³/mol. The van der Waals surface area contributed by atoms with Crippen LogP contribution in [-0.4, -0.2) is 16.0 Å². The van der Waals surface area contributed by atoms with Crippen LogP contribution in [0.25, 0.3) is 0 Å². The third kappa shape index (κ3) is 2.45. The quantitative estimate of drug-likeness (QED) is 0.800. The summed E-state index contributed by atoms with van der Waals surface area (Å²) in [6.45, 7) is 1.75. The highest BCUT2D eigenvalue weighted by Gasteiger charge is 2.11. The molecule has 2 rings (SSSR count). The first-order chi connectivity index (χ1) is 8.58. The maximum Gasteiger partial charge on any atom is 0.257 e. The van der Waals surface area contributed by atoms with Gasteiger partial charge in [0.2, 0.25) is 0 Å². The number of aromatic hydroxyl groups is 1. The summed E-state index contributed by atoms with van der Waals surface area (Å²) in [4.78, 5) is 15.4. The molecule has 0 spiro atoms. The average molecular weight is 246 g/mol. The number of hydrogen-bond donors (Lipinski definition) is 2. The molecule has 2 N–H and O–H groups in total. The number of hydrogen-bond acceptors (Lipinski definition) is 3. The highest BCUT2D eigenvalue weighted by Crippen LogP contribution is 2.26. The number of aryl methyl sites for hydroxylation is 1. The number of pyridine rings is 1. The van der Waals surface area contributed by atoms with Gasteiger partial charge in [0.15, 0.2) is 0 Å². The number of aromatic nitrogens is 1. The number of amides is 1. The Balaban J connectivity index is 2.27. The van der Waals surface area contributed by atoms with Gasteiger partial charge < -0.3 is 10.4 Å². The van der Waals surface area contributed by atoms with Crippen molar-refractivity contribution in [3.8, 4) is 5.75 Å². The topological polar surface area (TPSA) is 62.2 Å². The van der Waals surface area contributed by atoms with E-state index in [9.17, 15) is 14.3 Å². The van der Waals surface area contributed by atoms with Gasteiger partial charge in [-0.2, -0.15) is 0 Å². The van der Waals surface area contributed by atoms with Crippen molar-refractivity contribution in [2.24, 2.45) is 0 Å². The molecule has 4 nitrogen and oxygen atoms in total. The molecule has 0 radical (unpaired) electrons. The summed E-state index contributed by atoms with van der Waals surface area (Å²) in [6.07, 6.45) is 2.27. The Morgan fingerprint density at radius 3 is 2.83 bits per heavy atom. The molecular formula is C13H11FN2O2. The molecule has 1 aromatic heterocycles. The number of rotatable bonds is 2. The summed E-state index contributed by atoms with van der Waals surface area (Å²) in [5.74, 6) is -1.14. The minimum Gasteiger partial charge on any atom is -0.506 e. The fraction of sp³-hybridized carbons (Fsp3) is 0.0769. The van der Waals surface area contributed by atoms with Crippen molar-refractivity contribution in [3.05, 3.63) is 53.6 Å². The van der Waals surface area contributed by atoms with E-state index in [-0.39, 0.29) is 11.3 Å². The van der Waals surface area contributed by atoms with Gasteiger partial charge in [-0.05, 0) is 24.6 Å². The lowest BCUT2D eigenvalue weighted by Crippen LogP contribution is -2.13. The van der Waals surface area contributed by atoms with Crippen LogP contribution in [0.2, 0.25) is 0 Å². The summed E-state index contributed by atoms with van der Waals surface area (Å²) >= 11 is 0. The van der Waals surface area contributed by atoms with Crippen LogP contribution >= 0.6 is 0 Å². The van der Waals surface area contributed by atoms with Gasteiger partial charge in [0.05, 0.1) is 17.4 Å². The monoisotopic (exact) mass is 246 g/mol. The first kappa shape index (κ1) is 12.0. The van der Waals surface area contributed by atoms with E-state index in [2.05, 4.69) is 10.3 Å². The third-order valence-electron chi connectivity index (χ3n) is 2.46. The maximum atomic E-state index is 12.9. The maximum absolute atomic E-state index is 12.9. The van der Waals surface area contributed by atoms with Gasteiger partial charge in [-0.15, -0.1) is 0 Å². The summed E-state index contributed by atoms with van der Waals surface area (Å²) in [7, 11) is 0. The number of phenolic OH excluding ortho intramolecular Hbond substituents is 1. The highest BCUT2D eigenvalue weighted by molar-refractivity contribution is 6.05. The van der Waals surface area contributed by atoms with Crippen molar-refractivity contribution in [3.63, 3.8) is 0 Å². The number of benzene rings is 1. The Morgan fingerprint density at radius 2 is 2.17 bits per heavy atom. The van der Waals surface area contributed by atoms with Crippen LogP contribution in [0.5, 0.6) is 5.75 Å². The molecule has 0 saturated carbocycles. The number of para-hydroxylation sites is 1. The first-order valence-electron chi connectivity index (χ1n) is 5.28. The number of nitrogens with one attached hydrogen (secondary N) is 1. The van der Waals surface area contributed by atoms with Crippen molar-refractivity contribution < 1.29 is 14.3 Å². The van der Waals surface area contributed by atoms with E-state index < -0.39 is 11.7 Å². The van der Waals surface area contributed by atoms with Crippen LogP contribution in [0.15, 0.2) is 36.7 Å². The van der Waals surface area contributed by atoms with Gasteiger partial charge in [-0.1, -0.05) is 12.1 Å². The van der Waals surface area contributed by atoms with Crippen molar-refractivity contribution in [2.45, 2.75) is 6.92 Å². The summed E-state index contributed by atoms with van der Waals surface area (Å²) < 4.78 is 12.9. The van der Waals surface area contributed by atoms with Crippen LogP contribution in [0.4, 0.5) is 10.1 Å². The van der Waals surface area contributed by atoms with Gasteiger partial charge >= 0.3 is 0 Å². The van der Waals surface area contributed by atoms with Crippen molar-refractivity contribution in [2.75, 3.05) is 5.32 Å². The lowest BCUT2D eigenvalue weighted by molar-refractivity contribution is 0.102. The molecule has 5 heteroatoms. The van der Waals surface area contributed by atoms with E-state index >= 15 is 0 Å². The van der Waals surface area contributed by atoms with Crippen molar-refractivity contribution in [1.82, 2.24) is 4.98 Å². The van der Waals surface area contributed by atoms with E-state index in [0.717, 1.165) is 12.3 Å². The minimum absolute atomic E-state index is 0.0345. The van der Waals surface area contributed by atoms with E-state index in [1.165, 1.54) is 12.3 Å². The highest BCUT2D eigenvalue weighted by atomic mass is 19.1. The Hall–Kier alpha value is -2.43. The molecule has 2 aromatic rings. The zero-order chi connectivity index (χ0) is 13.1. The molecule has 0 aliphatic rings. The second kappa shape index (κ2) is 4.83. The standard InChI is InChI=1S/C13H11FN2O2/c1-8-3-2-4-11(17)12(8)16-13(18)9-5-10(14)7-15-6-9/h2-7,17H,1H3,(H,16,18). The molecule has 0 aliphatic carbocycles. The first-order valence-corrected chi connectivity index (χ1v) is 5.28. The third-order valence-corrected chi connectivity index (χ3v) is 2.46. The number of carbonyl (C=O) groups is 1. The molecule has 1 aromatic carbocycles. The Kier molecular flexibility index (Phi) is 3.23. The Labute approximate surface area is 103 Å². The van der Waals surface area contributed by atoms with E-state index in [1.54, 1.807) is 19.1 Å².